The molecule has 0 radical (unpaired) electrons. The van der Waals surface area contributed by atoms with Gasteiger partial charge in [-0.15, -0.1) is 12.4 Å². The number of nitrogens with zero attached hydrogens (tertiary/aromatic N) is 1. The van der Waals surface area contributed by atoms with Crippen LogP contribution in [-0.4, -0.2) is 58.4 Å². The van der Waals surface area contributed by atoms with Gasteiger partial charge in [0.15, 0.2) is 11.5 Å². The van der Waals surface area contributed by atoms with Gasteiger partial charge < -0.3 is 34.5 Å². The molecular weight excluding hydrogens is 744 g/mol. The smallest absolute Gasteiger partial charge is 0.256 e. The van der Waals surface area contributed by atoms with E-state index in [-0.39, 0.29) is 36.7 Å². The second kappa shape index (κ2) is 20.5. The first-order valence-electron chi connectivity index (χ1n) is 18.4. The van der Waals surface area contributed by atoms with Crippen LogP contribution in [-0.2, 0) is 27.3 Å². The number of ether oxygens (including phenoxy) is 4. The van der Waals surface area contributed by atoms with Gasteiger partial charge >= 0.3 is 0 Å². The van der Waals surface area contributed by atoms with Crippen molar-refractivity contribution in [1.82, 2.24) is 10.6 Å². The number of carbonyl (C=O) groups excluding carboxylic acids is 2. The predicted molar refractivity (Wildman–Crippen MR) is 217 cm³/mol. The number of halogens is 3. The Balaban J connectivity index is 0.00000673. The summed E-state index contributed by atoms with van der Waals surface area (Å²) in [6.07, 6.45) is 0.367. The molecule has 0 bridgehead atoms. The fourth-order valence-electron chi connectivity index (χ4n) is 6.55. The van der Waals surface area contributed by atoms with Crippen LogP contribution < -0.4 is 29.7 Å². The van der Waals surface area contributed by atoms with Crippen molar-refractivity contribution < 1.29 is 32.9 Å². The van der Waals surface area contributed by atoms with Gasteiger partial charge in [0.25, 0.3) is 5.91 Å². The van der Waals surface area contributed by atoms with Gasteiger partial charge in [0.05, 0.1) is 27.2 Å². The van der Waals surface area contributed by atoms with E-state index in [9.17, 15) is 14.0 Å². The Morgan fingerprint density at radius 1 is 0.891 bits per heavy atom. The second-order valence-electron chi connectivity index (χ2n) is 14.5. The number of hydrogen-bond acceptors (Lipinski definition) is 7. The molecule has 5 rings (SSSR count). The van der Waals surface area contributed by atoms with E-state index >= 15 is 0 Å². The van der Waals surface area contributed by atoms with Gasteiger partial charge in [-0.1, -0.05) is 80.9 Å². The van der Waals surface area contributed by atoms with E-state index in [1.54, 1.807) is 49.5 Å². The SMILES string of the molecule is COc1ccccc1CCCNCCCOc1cccc([C@@H]2O[C@@H](CC(=O)NCc3ccccc3F)C(=O)N(CC(C)(C)C)c3ccc(Cl)cc32)c1OC.Cl. The number of fused-ring (bicyclic) bond motifs is 1. The normalized spacial score (nSPS) is 15.4. The van der Waals surface area contributed by atoms with Crippen LogP contribution in [0.25, 0.3) is 0 Å². The molecule has 4 aromatic carbocycles. The average Bonchev–Trinajstić information content (AvgIpc) is 3.25. The fourth-order valence-corrected chi connectivity index (χ4v) is 6.73. The summed E-state index contributed by atoms with van der Waals surface area (Å²) in [6.45, 7) is 8.53. The molecule has 12 heteroatoms. The van der Waals surface area contributed by atoms with Gasteiger partial charge in [-0.3, -0.25) is 9.59 Å². The fraction of sp³-hybridized carbons (Fsp3) is 0.395. The highest BCUT2D eigenvalue weighted by atomic mass is 35.5. The monoisotopic (exact) mass is 795 g/mol. The van der Waals surface area contributed by atoms with Crippen LogP contribution in [0.5, 0.6) is 17.2 Å². The van der Waals surface area contributed by atoms with Gasteiger partial charge in [-0.05, 0) is 79.7 Å². The summed E-state index contributed by atoms with van der Waals surface area (Å²) in [4.78, 5) is 29.4. The maximum atomic E-state index is 14.4. The molecule has 9 nitrogen and oxygen atoms in total. The van der Waals surface area contributed by atoms with Crippen molar-refractivity contribution in [3.63, 3.8) is 0 Å². The van der Waals surface area contributed by atoms with Gasteiger partial charge in [-0.25, -0.2) is 4.39 Å². The lowest BCUT2D eigenvalue weighted by Gasteiger charge is -2.31. The molecule has 55 heavy (non-hydrogen) atoms. The number of aryl methyl sites for hydroxylation is 1. The average molecular weight is 797 g/mol. The summed E-state index contributed by atoms with van der Waals surface area (Å²) < 4.78 is 38.7. The summed E-state index contributed by atoms with van der Waals surface area (Å²) in [5.74, 6) is 0.659. The predicted octanol–water partition coefficient (Wildman–Crippen LogP) is 8.48. The van der Waals surface area contributed by atoms with E-state index in [0.29, 0.717) is 52.1 Å². The number of benzene rings is 4. The quantitative estimate of drug-likeness (QED) is 0.104. The van der Waals surface area contributed by atoms with Crippen molar-refractivity contribution >= 4 is 41.5 Å². The zero-order chi connectivity index (χ0) is 38.7. The number of nitrogens with one attached hydrogen (secondary N) is 2. The molecule has 0 unspecified atom stereocenters. The number of anilines is 1. The lowest BCUT2D eigenvalue weighted by Crippen LogP contribution is -2.45. The first-order valence-corrected chi connectivity index (χ1v) is 18.8. The Morgan fingerprint density at radius 2 is 1.60 bits per heavy atom. The maximum Gasteiger partial charge on any atom is 0.256 e. The van der Waals surface area contributed by atoms with Crippen molar-refractivity contribution in [3.05, 3.63) is 118 Å². The largest absolute Gasteiger partial charge is 0.496 e. The van der Waals surface area contributed by atoms with Crippen molar-refractivity contribution in [3.8, 4) is 17.2 Å². The van der Waals surface area contributed by atoms with Crippen LogP contribution in [0.1, 0.15) is 68.4 Å². The van der Waals surface area contributed by atoms with E-state index in [1.165, 1.54) is 11.6 Å². The molecule has 0 aromatic heterocycles. The van der Waals surface area contributed by atoms with Crippen molar-refractivity contribution in [2.75, 3.05) is 45.4 Å². The van der Waals surface area contributed by atoms with Gasteiger partial charge in [-0.2, -0.15) is 0 Å². The Hall–Kier alpha value is -4.35. The minimum Gasteiger partial charge on any atom is -0.496 e. The minimum absolute atomic E-state index is 0. The lowest BCUT2D eigenvalue weighted by molar-refractivity contribution is -0.138. The molecule has 0 fully saturated rings. The number of carbonyl (C=O) groups is 2. The van der Waals surface area contributed by atoms with E-state index in [0.717, 1.165) is 38.1 Å². The van der Waals surface area contributed by atoms with Gasteiger partial charge in [0.2, 0.25) is 5.91 Å². The highest BCUT2D eigenvalue weighted by Crippen LogP contribution is 2.45. The molecule has 2 N–H and O–H groups in total. The van der Waals surface area contributed by atoms with Crippen LogP contribution in [0.3, 0.4) is 0 Å². The molecule has 1 aliphatic rings. The number of rotatable bonds is 17. The number of amides is 2. The maximum absolute atomic E-state index is 14.4. The molecule has 1 aliphatic heterocycles. The molecule has 2 amide bonds. The van der Waals surface area contributed by atoms with Crippen molar-refractivity contribution in [1.29, 1.82) is 0 Å². The van der Waals surface area contributed by atoms with Crippen LogP contribution in [0.15, 0.2) is 84.9 Å². The third-order valence-corrected chi connectivity index (χ3v) is 9.32. The summed E-state index contributed by atoms with van der Waals surface area (Å²) in [5, 5.41) is 6.71. The Kier molecular flexibility index (Phi) is 16.2. The molecule has 0 spiro atoms. The zero-order valence-electron chi connectivity index (χ0n) is 32.2. The summed E-state index contributed by atoms with van der Waals surface area (Å²) in [6, 6.07) is 25.2. The minimum atomic E-state index is -1.17. The third kappa shape index (κ3) is 11.8. The first kappa shape index (κ1) is 43.4. The van der Waals surface area contributed by atoms with E-state index < -0.39 is 23.9 Å². The second-order valence-corrected chi connectivity index (χ2v) is 14.9. The van der Waals surface area contributed by atoms with Crippen LogP contribution in [0.4, 0.5) is 10.1 Å². The van der Waals surface area contributed by atoms with Crippen molar-refractivity contribution in [2.45, 2.75) is 65.2 Å². The molecule has 296 valence electrons. The molecule has 0 saturated carbocycles. The number of methoxy groups -OCH3 is 2. The topological polar surface area (TPSA) is 98.4 Å². The molecule has 0 aliphatic carbocycles. The Labute approximate surface area is 335 Å². The molecule has 0 saturated heterocycles. The first-order chi connectivity index (χ1) is 26.0. The molecular formula is C43H52Cl2FN3O6. The summed E-state index contributed by atoms with van der Waals surface area (Å²) in [5.41, 5.74) is 3.15. The van der Waals surface area contributed by atoms with Crippen LogP contribution in [0.2, 0.25) is 5.02 Å². The lowest BCUT2D eigenvalue weighted by atomic mass is 9.94. The Bertz CT molecular complexity index is 1890. The van der Waals surface area contributed by atoms with E-state index in [2.05, 4.69) is 16.7 Å². The molecule has 4 aromatic rings. The highest BCUT2D eigenvalue weighted by Gasteiger charge is 2.40. The van der Waals surface area contributed by atoms with Gasteiger partial charge in [0, 0.05) is 40.5 Å². The number of hydrogen-bond donors (Lipinski definition) is 2. The summed E-state index contributed by atoms with van der Waals surface area (Å²) >= 11 is 6.59. The zero-order valence-corrected chi connectivity index (χ0v) is 33.7. The molecule has 2 atom stereocenters. The summed E-state index contributed by atoms with van der Waals surface area (Å²) in [7, 11) is 3.26. The Morgan fingerprint density at radius 3 is 2.33 bits per heavy atom. The third-order valence-electron chi connectivity index (χ3n) is 9.09. The standard InChI is InChI=1S/C43H51ClFN3O6.ClH/c1-43(2,3)28-48-35-21-20-31(44)25-33(35)40(54-38(42(48)50)26-39(49)47-27-30-14-6-8-17-34(30)45)32-16-10-19-37(41(32)52-5)53-24-12-23-46-22-11-15-29-13-7-9-18-36(29)51-4;/h6-10,13-14,16-21,25,38,40,46H,11-12,15,22-24,26-28H2,1-5H3,(H,47,49);1H/t38-,40-;/m0./s1. The number of para-hydroxylation sites is 2. The highest BCUT2D eigenvalue weighted by molar-refractivity contribution is 6.30. The van der Waals surface area contributed by atoms with E-state index in [4.69, 9.17) is 30.5 Å². The van der Waals surface area contributed by atoms with Crippen LogP contribution >= 0.6 is 24.0 Å². The van der Waals surface area contributed by atoms with Gasteiger partial charge in [0.1, 0.15) is 23.8 Å². The van der Waals surface area contributed by atoms with Crippen LogP contribution in [0, 0.1) is 11.2 Å². The van der Waals surface area contributed by atoms with E-state index in [1.807, 2.05) is 63.2 Å². The molecule has 1 heterocycles. The van der Waals surface area contributed by atoms with Crippen molar-refractivity contribution in [2.24, 2.45) is 5.41 Å².